The second kappa shape index (κ2) is 6.78. The van der Waals surface area contributed by atoms with Gasteiger partial charge in [-0.15, -0.1) is 0 Å². The van der Waals surface area contributed by atoms with Crippen molar-refractivity contribution in [3.05, 3.63) is 60.2 Å². The quantitative estimate of drug-likeness (QED) is 0.712. The number of amides is 1. The van der Waals surface area contributed by atoms with Crippen LogP contribution in [0.4, 0.5) is 0 Å². The van der Waals surface area contributed by atoms with Crippen LogP contribution in [0.15, 0.2) is 48.8 Å². The van der Waals surface area contributed by atoms with Crippen molar-refractivity contribution in [3.63, 3.8) is 0 Å². The van der Waals surface area contributed by atoms with Crippen LogP contribution in [-0.2, 0) is 13.1 Å². The third kappa shape index (κ3) is 3.03. The van der Waals surface area contributed by atoms with E-state index in [0.717, 1.165) is 43.3 Å². The number of rotatable bonds is 5. The third-order valence-electron chi connectivity index (χ3n) is 4.96. The van der Waals surface area contributed by atoms with E-state index in [0.29, 0.717) is 11.6 Å². The van der Waals surface area contributed by atoms with E-state index in [4.69, 9.17) is 0 Å². The van der Waals surface area contributed by atoms with Gasteiger partial charge in [-0.3, -0.25) is 9.48 Å². The zero-order valence-corrected chi connectivity index (χ0v) is 15.2. The molecule has 3 aromatic rings. The molecule has 1 amide bonds. The maximum Gasteiger partial charge on any atom is 0.274 e. The average Bonchev–Trinajstić information content (AvgIpc) is 3.25. The molecule has 3 heterocycles. The van der Waals surface area contributed by atoms with E-state index < -0.39 is 0 Å². The Morgan fingerprint density at radius 3 is 2.65 bits per heavy atom. The molecule has 6 nitrogen and oxygen atoms in total. The number of benzene rings is 1. The second-order valence-electron chi connectivity index (χ2n) is 6.83. The fraction of sp³-hybridized carbons (Fsp3) is 0.350. The number of aryl methyl sites for hydroxylation is 2. The molecule has 1 aliphatic rings. The summed E-state index contributed by atoms with van der Waals surface area (Å²) in [6.45, 7) is 7.28. The Bertz CT molecular complexity index is 905. The van der Waals surface area contributed by atoms with E-state index in [1.165, 1.54) is 0 Å². The van der Waals surface area contributed by atoms with Crippen molar-refractivity contribution in [1.29, 1.82) is 0 Å². The van der Waals surface area contributed by atoms with Crippen molar-refractivity contribution in [2.75, 3.05) is 13.1 Å². The summed E-state index contributed by atoms with van der Waals surface area (Å²) >= 11 is 0. The summed E-state index contributed by atoms with van der Waals surface area (Å²) < 4.78 is 4.04. The maximum absolute atomic E-state index is 12.5. The van der Waals surface area contributed by atoms with Crippen molar-refractivity contribution in [2.45, 2.75) is 26.9 Å². The van der Waals surface area contributed by atoms with Crippen molar-refractivity contribution in [1.82, 2.24) is 24.2 Å². The summed E-state index contributed by atoms with van der Waals surface area (Å²) in [6.07, 6.45) is 3.77. The molecule has 0 bridgehead atoms. The molecule has 26 heavy (non-hydrogen) atoms. The molecule has 2 aromatic heterocycles. The highest BCUT2D eigenvalue weighted by Crippen LogP contribution is 2.25. The number of hydrogen-bond acceptors (Lipinski definition) is 3. The molecule has 0 spiro atoms. The van der Waals surface area contributed by atoms with Gasteiger partial charge in [0, 0.05) is 55.7 Å². The topological polar surface area (TPSA) is 56.0 Å². The first kappa shape index (κ1) is 16.6. The Balaban J connectivity index is 1.42. The minimum absolute atomic E-state index is 0.0269. The van der Waals surface area contributed by atoms with Crippen LogP contribution in [0.2, 0.25) is 0 Å². The largest absolute Gasteiger partial charge is 0.336 e. The highest BCUT2D eigenvalue weighted by atomic mass is 16.2. The van der Waals surface area contributed by atoms with Gasteiger partial charge in [0.2, 0.25) is 0 Å². The Morgan fingerprint density at radius 2 is 1.96 bits per heavy atom. The van der Waals surface area contributed by atoms with Crippen LogP contribution in [0.3, 0.4) is 0 Å². The Kier molecular flexibility index (Phi) is 4.32. The molecule has 1 aromatic carbocycles. The molecule has 0 saturated carbocycles. The fourth-order valence-corrected chi connectivity index (χ4v) is 3.43. The minimum atomic E-state index is 0.0269. The van der Waals surface area contributed by atoms with Gasteiger partial charge in [-0.2, -0.15) is 5.10 Å². The zero-order valence-electron chi connectivity index (χ0n) is 15.2. The summed E-state index contributed by atoms with van der Waals surface area (Å²) in [5.74, 6) is 1.47. The lowest BCUT2D eigenvalue weighted by Gasteiger charge is -2.39. The van der Waals surface area contributed by atoms with Crippen LogP contribution in [0, 0.1) is 12.8 Å². The summed E-state index contributed by atoms with van der Waals surface area (Å²) in [6, 6.07) is 12.0. The smallest absolute Gasteiger partial charge is 0.274 e. The van der Waals surface area contributed by atoms with Gasteiger partial charge in [-0.1, -0.05) is 30.3 Å². The summed E-state index contributed by atoms with van der Waals surface area (Å²) in [5, 5.41) is 4.31. The number of hydrogen-bond donors (Lipinski definition) is 0. The van der Waals surface area contributed by atoms with Crippen molar-refractivity contribution in [2.24, 2.45) is 5.92 Å². The second-order valence-corrected chi connectivity index (χ2v) is 6.83. The van der Waals surface area contributed by atoms with Crippen molar-refractivity contribution in [3.8, 4) is 11.4 Å². The van der Waals surface area contributed by atoms with Crippen LogP contribution in [0.1, 0.15) is 23.1 Å². The number of carbonyl (C=O) groups excluding carboxylic acids is 1. The molecule has 4 rings (SSSR count). The predicted octanol–water partition coefficient (Wildman–Crippen LogP) is 2.85. The lowest BCUT2D eigenvalue weighted by Crippen LogP contribution is -2.51. The Labute approximate surface area is 153 Å². The maximum atomic E-state index is 12.5. The minimum Gasteiger partial charge on any atom is -0.336 e. The van der Waals surface area contributed by atoms with Crippen LogP contribution >= 0.6 is 0 Å². The zero-order chi connectivity index (χ0) is 18.1. The standard InChI is InChI=1S/C20H23N5O/c1-3-24-10-9-18(22-24)20(26)23-12-16(13-23)14-25-15(2)11-21-19(25)17-7-5-4-6-8-17/h4-11,16H,3,12-14H2,1-2H3. The van der Waals surface area contributed by atoms with E-state index in [9.17, 15) is 4.79 Å². The highest BCUT2D eigenvalue weighted by molar-refractivity contribution is 5.92. The molecule has 1 fully saturated rings. The molecule has 1 saturated heterocycles. The summed E-state index contributed by atoms with van der Waals surface area (Å²) in [5.41, 5.74) is 2.81. The highest BCUT2D eigenvalue weighted by Gasteiger charge is 2.33. The van der Waals surface area contributed by atoms with Gasteiger partial charge in [0.15, 0.2) is 0 Å². The number of nitrogens with zero attached hydrogens (tertiary/aromatic N) is 5. The monoisotopic (exact) mass is 349 g/mol. The van der Waals surface area contributed by atoms with Crippen LogP contribution in [0.25, 0.3) is 11.4 Å². The third-order valence-corrected chi connectivity index (χ3v) is 4.96. The average molecular weight is 349 g/mol. The van der Waals surface area contributed by atoms with Gasteiger partial charge in [-0.25, -0.2) is 4.98 Å². The van der Waals surface area contributed by atoms with E-state index in [1.54, 1.807) is 10.7 Å². The van der Waals surface area contributed by atoms with Crippen LogP contribution in [-0.4, -0.2) is 43.2 Å². The molecule has 1 aliphatic heterocycles. The van der Waals surface area contributed by atoms with E-state index in [1.807, 2.05) is 42.4 Å². The fourth-order valence-electron chi connectivity index (χ4n) is 3.43. The molecule has 0 radical (unpaired) electrons. The molecule has 0 atom stereocenters. The van der Waals surface area contributed by atoms with Gasteiger partial charge in [0.25, 0.3) is 5.91 Å². The van der Waals surface area contributed by atoms with Gasteiger partial charge < -0.3 is 9.47 Å². The van der Waals surface area contributed by atoms with Crippen LogP contribution in [0.5, 0.6) is 0 Å². The Hall–Kier alpha value is -2.89. The van der Waals surface area contributed by atoms with Gasteiger partial charge >= 0.3 is 0 Å². The van der Waals surface area contributed by atoms with E-state index in [-0.39, 0.29) is 5.91 Å². The first-order chi connectivity index (χ1) is 12.7. The van der Waals surface area contributed by atoms with E-state index >= 15 is 0 Å². The normalized spacial score (nSPS) is 14.5. The van der Waals surface area contributed by atoms with Gasteiger partial charge in [0.1, 0.15) is 11.5 Å². The predicted molar refractivity (Wildman–Crippen MR) is 99.7 cm³/mol. The van der Waals surface area contributed by atoms with Crippen LogP contribution < -0.4 is 0 Å². The number of imidazole rings is 1. The lowest BCUT2D eigenvalue weighted by molar-refractivity contribution is 0.0462. The molecule has 6 heteroatoms. The molecule has 134 valence electrons. The molecular weight excluding hydrogens is 326 g/mol. The Morgan fingerprint density at radius 1 is 1.19 bits per heavy atom. The van der Waals surface area contributed by atoms with E-state index in [2.05, 4.69) is 33.7 Å². The number of aromatic nitrogens is 4. The first-order valence-electron chi connectivity index (χ1n) is 9.06. The molecule has 0 N–H and O–H groups in total. The van der Waals surface area contributed by atoms with Crippen molar-refractivity contribution < 1.29 is 4.79 Å². The van der Waals surface area contributed by atoms with Gasteiger partial charge in [-0.05, 0) is 19.9 Å². The summed E-state index contributed by atoms with van der Waals surface area (Å²) in [7, 11) is 0. The molecular formula is C20H23N5O. The molecule has 0 unspecified atom stereocenters. The first-order valence-corrected chi connectivity index (χ1v) is 9.06. The van der Waals surface area contributed by atoms with Crippen molar-refractivity contribution >= 4 is 5.91 Å². The SMILES string of the molecule is CCn1ccc(C(=O)N2CC(Cn3c(C)cnc3-c3ccccc3)C2)n1. The summed E-state index contributed by atoms with van der Waals surface area (Å²) in [4.78, 5) is 18.9. The molecule has 0 aliphatic carbocycles. The van der Waals surface area contributed by atoms with Gasteiger partial charge in [0.05, 0.1) is 0 Å². The number of carbonyl (C=O) groups is 1. The lowest BCUT2D eigenvalue weighted by atomic mass is 9.99. The number of likely N-dealkylation sites (tertiary alicyclic amines) is 1.